The molecule has 39 heavy (non-hydrogen) atoms. The molecule has 2 N–H and O–H groups in total. The molecule has 3 aromatic rings. The second kappa shape index (κ2) is 11.8. The molecule has 1 fully saturated rings. The summed E-state index contributed by atoms with van der Waals surface area (Å²) in [5.74, 6) is -1.60. The molecule has 0 saturated carbocycles. The van der Waals surface area contributed by atoms with Crippen molar-refractivity contribution >= 4 is 38.7 Å². The molecule has 1 aliphatic rings. The Balaban J connectivity index is 1.45. The van der Waals surface area contributed by atoms with E-state index in [1.165, 1.54) is 24.4 Å². The summed E-state index contributed by atoms with van der Waals surface area (Å²) in [7, 11) is -4.21. The fraction of sp³-hybridized carbons (Fsp3) is 0.385. The van der Waals surface area contributed by atoms with Gasteiger partial charge in [-0.3, -0.25) is 19.4 Å². The van der Waals surface area contributed by atoms with Crippen molar-refractivity contribution in [2.75, 3.05) is 13.1 Å². The van der Waals surface area contributed by atoms with E-state index in [9.17, 15) is 28.0 Å². The summed E-state index contributed by atoms with van der Waals surface area (Å²) in [5, 5.41) is 17.0. The van der Waals surface area contributed by atoms with Crippen LogP contribution in [0.15, 0.2) is 59.9 Å². The molecule has 12 nitrogen and oxygen atoms in total. The van der Waals surface area contributed by atoms with Gasteiger partial charge in [0, 0.05) is 18.7 Å². The highest BCUT2D eigenvalue weighted by Crippen LogP contribution is 2.18. The molecule has 0 spiro atoms. The largest absolute Gasteiger partial charge is 0.618 e. The first-order valence-corrected chi connectivity index (χ1v) is 14.0. The SMILES string of the molecule is CC(C)C[C@@H](NC(=O)c1cnc2ccccc2n1)C(=O)N[C@@H]1CCCN(S(=O)(=O)c2cccc[n+]2[O-])CC1=O. The van der Waals surface area contributed by atoms with Crippen LogP contribution < -0.4 is 15.4 Å². The number of hydrogen-bond acceptors (Lipinski definition) is 8. The number of para-hydroxylation sites is 2. The van der Waals surface area contributed by atoms with E-state index in [-0.39, 0.29) is 35.7 Å². The second-order valence-electron chi connectivity index (χ2n) is 9.77. The number of ketones is 1. The standard InChI is InChI=1S/C26H30N6O6S/c1-17(2)14-21(30-26(35)22-15-27-18-8-3-4-9-19(18)28-22)25(34)29-20-10-7-12-31(16-23(20)33)39(37,38)24-11-5-6-13-32(24)36/h3-6,8-9,11,13,15,17,20-21H,7,10,12,14,16H2,1-2H3,(H,29,34)(H,30,35)/t20-,21-/m1/s1. The van der Waals surface area contributed by atoms with Crippen molar-refractivity contribution in [1.82, 2.24) is 24.9 Å². The number of amides is 2. The van der Waals surface area contributed by atoms with Gasteiger partial charge >= 0.3 is 15.0 Å². The van der Waals surface area contributed by atoms with Crippen molar-refractivity contribution in [3.8, 4) is 0 Å². The average Bonchev–Trinajstić information content (AvgIpc) is 3.09. The highest BCUT2D eigenvalue weighted by Gasteiger charge is 2.37. The summed E-state index contributed by atoms with van der Waals surface area (Å²) in [5.41, 5.74) is 1.22. The van der Waals surface area contributed by atoms with Crippen LogP contribution in [0.5, 0.6) is 0 Å². The third kappa shape index (κ3) is 6.55. The number of Topliss-reactive ketones (excluding diaryl/α,β-unsaturated/α-hetero) is 1. The summed E-state index contributed by atoms with van der Waals surface area (Å²) in [4.78, 5) is 47.8. The first kappa shape index (κ1) is 28.0. The minimum Gasteiger partial charge on any atom is -0.618 e. The Bertz CT molecular complexity index is 1500. The van der Waals surface area contributed by atoms with Gasteiger partial charge in [0.1, 0.15) is 11.7 Å². The fourth-order valence-electron chi connectivity index (χ4n) is 4.37. The lowest BCUT2D eigenvalue weighted by Gasteiger charge is -2.23. The molecule has 0 unspecified atom stereocenters. The molecular weight excluding hydrogens is 524 g/mol. The maximum Gasteiger partial charge on any atom is 0.323 e. The molecule has 13 heteroatoms. The fourth-order valence-corrected chi connectivity index (χ4v) is 5.84. The van der Waals surface area contributed by atoms with E-state index in [0.29, 0.717) is 17.5 Å². The lowest BCUT2D eigenvalue weighted by atomic mass is 10.0. The van der Waals surface area contributed by atoms with E-state index < -0.39 is 51.3 Å². The molecule has 0 bridgehead atoms. The second-order valence-corrected chi connectivity index (χ2v) is 11.7. The van der Waals surface area contributed by atoms with Crippen molar-refractivity contribution in [2.24, 2.45) is 5.92 Å². The Morgan fingerprint density at radius 1 is 1.15 bits per heavy atom. The lowest BCUT2D eigenvalue weighted by Crippen LogP contribution is -2.53. The minimum absolute atomic E-state index is 0.0160. The predicted molar refractivity (Wildman–Crippen MR) is 141 cm³/mol. The Kier molecular flexibility index (Phi) is 8.51. The zero-order valence-corrected chi connectivity index (χ0v) is 22.4. The zero-order chi connectivity index (χ0) is 28.2. The van der Waals surface area contributed by atoms with E-state index >= 15 is 0 Å². The van der Waals surface area contributed by atoms with Crippen LogP contribution in [0.25, 0.3) is 11.0 Å². The lowest BCUT2D eigenvalue weighted by molar-refractivity contribution is -0.646. The normalized spacial score (nSPS) is 17.5. The number of fused-ring (bicyclic) bond motifs is 1. The average molecular weight is 555 g/mol. The Morgan fingerprint density at radius 2 is 1.87 bits per heavy atom. The molecule has 2 amide bonds. The van der Waals surface area contributed by atoms with Crippen LogP contribution in [0, 0.1) is 11.1 Å². The maximum absolute atomic E-state index is 13.2. The number of pyridine rings is 1. The molecule has 1 aromatic carbocycles. The van der Waals surface area contributed by atoms with Crippen molar-refractivity contribution in [3.05, 3.63) is 65.8 Å². The number of aromatic nitrogens is 3. The van der Waals surface area contributed by atoms with E-state index in [1.807, 2.05) is 19.9 Å². The van der Waals surface area contributed by atoms with Gasteiger partial charge in [0.25, 0.3) is 5.91 Å². The number of sulfonamides is 1. The third-order valence-corrected chi connectivity index (χ3v) is 8.18. The number of carbonyl (C=O) groups excluding carboxylic acids is 3. The van der Waals surface area contributed by atoms with Crippen LogP contribution in [0.3, 0.4) is 0 Å². The molecule has 206 valence electrons. The Morgan fingerprint density at radius 3 is 2.59 bits per heavy atom. The highest BCUT2D eigenvalue weighted by molar-refractivity contribution is 7.89. The summed E-state index contributed by atoms with van der Waals surface area (Å²) in [6, 6.07) is 9.20. The van der Waals surface area contributed by atoms with E-state index in [4.69, 9.17) is 0 Å². The molecule has 1 saturated heterocycles. The third-order valence-electron chi connectivity index (χ3n) is 6.34. The number of nitrogens with zero attached hydrogens (tertiary/aromatic N) is 4. The first-order valence-electron chi connectivity index (χ1n) is 12.6. The first-order chi connectivity index (χ1) is 18.6. The summed E-state index contributed by atoms with van der Waals surface area (Å²) >= 11 is 0. The number of benzene rings is 1. The number of hydrogen-bond donors (Lipinski definition) is 2. The summed E-state index contributed by atoms with van der Waals surface area (Å²) in [6.07, 6.45) is 3.21. The molecule has 0 radical (unpaired) electrons. The van der Waals surface area contributed by atoms with Crippen LogP contribution in [-0.4, -0.2) is 65.5 Å². The molecule has 3 heterocycles. The van der Waals surface area contributed by atoms with Crippen LogP contribution in [0.4, 0.5) is 0 Å². The van der Waals surface area contributed by atoms with E-state index in [0.717, 1.165) is 10.5 Å². The molecule has 4 rings (SSSR count). The van der Waals surface area contributed by atoms with Crippen LogP contribution in [0.1, 0.15) is 43.6 Å². The highest BCUT2D eigenvalue weighted by atomic mass is 32.2. The number of rotatable bonds is 8. The van der Waals surface area contributed by atoms with Crippen LogP contribution in [0.2, 0.25) is 0 Å². The summed E-state index contributed by atoms with van der Waals surface area (Å²) < 4.78 is 27.2. The summed E-state index contributed by atoms with van der Waals surface area (Å²) in [6.45, 7) is 3.32. The van der Waals surface area contributed by atoms with Crippen molar-refractivity contribution in [1.29, 1.82) is 0 Å². The quantitative estimate of drug-likeness (QED) is 0.307. The van der Waals surface area contributed by atoms with Crippen molar-refractivity contribution in [3.63, 3.8) is 0 Å². The minimum atomic E-state index is -4.21. The molecule has 0 aliphatic carbocycles. The van der Waals surface area contributed by atoms with E-state index in [1.54, 1.807) is 18.2 Å². The monoisotopic (exact) mass is 554 g/mol. The van der Waals surface area contributed by atoms with Crippen molar-refractivity contribution in [2.45, 2.75) is 50.2 Å². The van der Waals surface area contributed by atoms with Gasteiger partial charge in [0.05, 0.1) is 29.8 Å². The van der Waals surface area contributed by atoms with Crippen LogP contribution >= 0.6 is 0 Å². The molecule has 2 aromatic heterocycles. The van der Waals surface area contributed by atoms with Gasteiger partial charge in [0.15, 0.2) is 12.0 Å². The van der Waals surface area contributed by atoms with Gasteiger partial charge in [-0.1, -0.05) is 26.0 Å². The zero-order valence-electron chi connectivity index (χ0n) is 21.6. The van der Waals surface area contributed by atoms with Gasteiger partial charge in [-0.15, -0.1) is 0 Å². The Labute approximate surface area is 226 Å². The molecular formula is C26H30N6O6S. The smallest absolute Gasteiger partial charge is 0.323 e. The maximum atomic E-state index is 13.2. The van der Waals surface area contributed by atoms with Gasteiger partial charge in [-0.05, 0) is 43.4 Å². The molecule has 1 aliphatic heterocycles. The topological polar surface area (TPSA) is 165 Å². The number of nitrogens with one attached hydrogen (secondary N) is 2. The van der Waals surface area contributed by atoms with Crippen LogP contribution in [-0.2, 0) is 19.6 Å². The van der Waals surface area contributed by atoms with Gasteiger partial charge < -0.3 is 15.8 Å². The predicted octanol–water partition coefficient (Wildman–Crippen LogP) is 0.946. The van der Waals surface area contributed by atoms with E-state index in [2.05, 4.69) is 20.6 Å². The van der Waals surface area contributed by atoms with Gasteiger partial charge in [-0.25, -0.2) is 13.4 Å². The molecule has 2 atom stereocenters. The Hall–Kier alpha value is -3.97. The van der Waals surface area contributed by atoms with Crippen molar-refractivity contribution < 1.29 is 27.5 Å². The van der Waals surface area contributed by atoms with Gasteiger partial charge in [0.2, 0.25) is 5.91 Å². The van der Waals surface area contributed by atoms with Gasteiger partial charge in [-0.2, -0.15) is 9.04 Å². The number of carbonyl (C=O) groups is 3.